The molecule has 0 unspecified atom stereocenters. The van der Waals surface area contributed by atoms with Gasteiger partial charge in [0.2, 0.25) is 0 Å². The molecule has 0 saturated carbocycles. The number of nitrogens with zero attached hydrogens (tertiary/aromatic N) is 1. The summed E-state index contributed by atoms with van der Waals surface area (Å²) in [7, 11) is 0. The number of amides is 1. The summed E-state index contributed by atoms with van der Waals surface area (Å²) >= 11 is 0. The van der Waals surface area contributed by atoms with Crippen molar-refractivity contribution < 1.29 is 9.59 Å². The largest absolute Gasteiger partial charge is 0.340 e. The summed E-state index contributed by atoms with van der Waals surface area (Å²) in [6.45, 7) is 5.45. The van der Waals surface area contributed by atoms with E-state index in [1.165, 1.54) is 13.1 Å². The zero-order valence-corrected chi connectivity index (χ0v) is 15.5. The average Bonchev–Trinajstić information content (AvgIpc) is 2.65. The van der Waals surface area contributed by atoms with E-state index in [4.69, 9.17) is 0 Å². The number of Topliss-reactive ketones (excluding diaryl/α,β-unsaturated/α-hetero) is 1. The summed E-state index contributed by atoms with van der Waals surface area (Å²) < 4.78 is 0. The summed E-state index contributed by atoms with van der Waals surface area (Å²) in [6, 6.07) is 16.5. The van der Waals surface area contributed by atoms with Crippen LogP contribution in [0.3, 0.4) is 0 Å². The van der Waals surface area contributed by atoms with Crippen molar-refractivity contribution in [1.29, 1.82) is 0 Å². The molecule has 3 aromatic rings. The minimum Gasteiger partial charge on any atom is -0.340 e. The van der Waals surface area contributed by atoms with E-state index in [1.807, 2.05) is 44.2 Å². The van der Waals surface area contributed by atoms with Crippen molar-refractivity contribution in [3.8, 4) is 0 Å². The lowest BCUT2D eigenvalue weighted by Crippen LogP contribution is -2.14. The first-order valence-electron chi connectivity index (χ1n) is 8.65. The third-order valence-electron chi connectivity index (χ3n) is 4.29. The molecular formula is C22H21N3O2. The van der Waals surface area contributed by atoms with Gasteiger partial charge in [-0.3, -0.25) is 9.59 Å². The van der Waals surface area contributed by atoms with Gasteiger partial charge >= 0.3 is 0 Å². The summed E-state index contributed by atoms with van der Waals surface area (Å²) in [5, 5.41) is 6.09. The van der Waals surface area contributed by atoms with Gasteiger partial charge in [0, 0.05) is 23.1 Å². The fraction of sp³-hybridized carbons (Fsp3) is 0.136. The van der Waals surface area contributed by atoms with Crippen LogP contribution in [0.1, 0.15) is 38.8 Å². The van der Waals surface area contributed by atoms with Crippen LogP contribution in [0.25, 0.3) is 0 Å². The summed E-state index contributed by atoms with van der Waals surface area (Å²) in [6.07, 6.45) is 1.53. The minimum atomic E-state index is -0.204. The third kappa shape index (κ3) is 4.39. The number of ketones is 1. The number of rotatable bonds is 5. The van der Waals surface area contributed by atoms with Crippen molar-refractivity contribution in [2.75, 3.05) is 10.6 Å². The fourth-order valence-electron chi connectivity index (χ4n) is 2.76. The Morgan fingerprint density at radius 2 is 1.59 bits per heavy atom. The topological polar surface area (TPSA) is 71.1 Å². The van der Waals surface area contributed by atoms with Crippen LogP contribution in [0, 0.1) is 13.8 Å². The number of benzene rings is 2. The Hall–Kier alpha value is -3.47. The van der Waals surface area contributed by atoms with E-state index in [2.05, 4.69) is 15.6 Å². The number of nitrogens with one attached hydrogen (secondary N) is 2. The molecule has 2 N–H and O–H groups in total. The molecule has 5 heteroatoms. The molecule has 0 aliphatic carbocycles. The lowest BCUT2D eigenvalue weighted by Gasteiger charge is -2.12. The molecule has 136 valence electrons. The predicted octanol–water partition coefficient (Wildman–Crippen LogP) is 4.90. The van der Waals surface area contributed by atoms with Crippen LogP contribution >= 0.6 is 0 Å². The zero-order valence-electron chi connectivity index (χ0n) is 15.5. The maximum Gasteiger partial charge on any atom is 0.257 e. The summed E-state index contributed by atoms with van der Waals surface area (Å²) in [5.41, 5.74) is 4.72. The number of para-hydroxylation sites is 1. The second-order valence-corrected chi connectivity index (χ2v) is 6.42. The van der Waals surface area contributed by atoms with Crippen LogP contribution in [0.2, 0.25) is 0 Å². The van der Waals surface area contributed by atoms with Crippen molar-refractivity contribution in [2.45, 2.75) is 20.8 Å². The van der Waals surface area contributed by atoms with Crippen LogP contribution in [0.5, 0.6) is 0 Å². The number of carbonyl (C=O) groups excluding carboxylic acids is 2. The lowest BCUT2D eigenvalue weighted by molar-refractivity contribution is 0.101. The third-order valence-corrected chi connectivity index (χ3v) is 4.29. The molecule has 1 aromatic heterocycles. The van der Waals surface area contributed by atoms with E-state index in [1.54, 1.807) is 24.3 Å². The molecule has 0 fully saturated rings. The second-order valence-electron chi connectivity index (χ2n) is 6.42. The maximum absolute atomic E-state index is 12.5. The molecule has 0 bridgehead atoms. The first-order chi connectivity index (χ1) is 12.9. The molecule has 2 aromatic carbocycles. The SMILES string of the molecule is CC(=O)c1cccc(Nc2ccc(C(=O)Nc3c(C)cccc3C)cn2)c1. The van der Waals surface area contributed by atoms with E-state index in [9.17, 15) is 9.59 Å². The highest BCUT2D eigenvalue weighted by Gasteiger charge is 2.10. The molecule has 1 heterocycles. The molecule has 1 amide bonds. The monoisotopic (exact) mass is 359 g/mol. The van der Waals surface area contributed by atoms with Crippen LogP contribution in [0.4, 0.5) is 17.2 Å². The summed E-state index contributed by atoms with van der Waals surface area (Å²) in [5.74, 6) is 0.398. The highest BCUT2D eigenvalue weighted by atomic mass is 16.1. The van der Waals surface area contributed by atoms with Crippen molar-refractivity contribution in [2.24, 2.45) is 0 Å². The van der Waals surface area contributed by atoms with Gasteiger partial charge in [0.15, 0.2) is 5.78 Å². The van der Waals surface area contributed by atoms with E-state index < -0.39 is 0 Å². The Morgan fingerprint density at radius 1 is 0.889 bits per heavy atom. The average molecular weight is 359 g/mol. The number of carbonyl (C=O) groups is 2. The fourth-order valence-corrected chi connectivity index (χ4v) is 2.76. The Morgan fingerprint density at radius 3 is 2.22 bits per heavy atom. The molecule has 27 heavy (non-hydrogen) atoms. The van der Waals surface area contributed by atoms with E-state index >= 15 is 0 Å². The van der Waals surface area contributed by atoms with Crippen molar-refractivity contribution in [3.63, 3.8) is 0 Å². The van der Waals surface area contributed by atoms with Crippen molar-refractivity contribution in [3.05, 3.63) is 83.0 Å². The number of pyridine rings is 1. The molecular weight excluding hydrogens is 338 g/mol. The normalized spacial score (nSPS) is 10.3. The van der Waals surface area contributed by atoms with Gasteiger partial charge in [0.25, 0.3) is 5.91 Å². The van der Waals surface area contributed by atoms with Crippen LogP contribution in [-0.4, -0.2) is 16.7 Å². The van der Waals surface area contributed by atoms with Gasteiger partial charge in [-0.1, -0.05) is 30.3 Å². The zero-order chi connectivity index (χ0) is 19.4. The molecule has 0 spiro atoms. The Balaban J connectivity index is 1.72. The van der Waals surface area contributed by atoms with Gasteiger partial charge in [-0.2, -0.15) is 0 Å². The molecule has 0 saturated heterocycles. The number of anilines is 3. The smallest absolute Gasteiger partial charge is 0.257 e. The van der Waals surface area contributed by atoms with Crippen molar-refractivity contribution >= 4 is 28.9 Å². The Labute approximate surface area is 158 Å². The van der Waals surface area contributed by atoms with Crippen LogP contribution in [-0.2, 0) is 0 Å². The predicted molar refractivity (Wildman–Crippen MR) is 108 cm³/mol. The van der Waals surface area contributed by atoms with Gasteiger partial charge in [0.05, 0.1) is 5.56 Å². The second kappa shape index (κ2) is 7.83. The number of aromatic nitrogens is 1. The molecule has 0 radical (unpaired) electrons. The van der Waals surface area contributed by atoms with Gasteiger partial charge in [-0.05, 0) is 56.2 Å². The number of hydrogen-bond acceptors (Lipinski definition) is 4. The van der Waals surface area contributed by atoms with E-state index in [0.717, 1.165) is 22.5 Å². The quantitative estimate of drug-likeness (QED) is 0.636. The van der Waals surface area contributed by atoms with E-state index in [-0.39, 0.29) is 11.7 Å². The van der Waals surface area contributed by atoms with Crippen LogP contribution in [0.15, 0.2) is 60.8 Å². The summed E-state index contributed by atoms with van der Waals surface area (Å²) in [4.78, 5) is 28.3. The highest BCUT2D eigenvalue weighted by molar-refractivity contribution is 6.05. The van der Waals surface area contributed by atoms with Gasteiger partial charge in [-0.15, -0.1) is 0 Å². The minimum absolute atomic E-state index is 0.00475. The standard InChI is InChI=1S/C22H21N3O2/c1-14-6-4-7-15(2)21(14)25-22(27)18-10-11-20(23-13-18)24-19-9-5-8-17(12-19)16(3)26/h4-13H,1-3H3,(H,23,24)(H,25,27). The molecule has 0 atom stereocenters. The van der Waals surface area contributed by atoms with Crippen molar-refractivity contribution in [1.82, 2.24) is 4.98 Å². The highest BCUT2D eigenvalue weighted by Crippen LogP contribution is 2.21. The molecule has 0 aliphatic rings. The lowest BCUT2D eigenvalue weighted by atomic mass is 10.1. The Bertz CT molecular complexity index is 974. The molecule has 0 aliphatic heterocycles. The van der Waals surface area contributed by atoms with Gasteiger partial charge < -0.3 is 10.6 Å². The van der Waals surface area contributed by atoms with Gasteiger partial charge in [0.1, 0.15) is 5.82 Å². The number of hydrogen-bond donors (Lipinski definition) is 2. The maximum atomic E-state index is 12.5. The first kappa shape index (κ1) is 18.3. The molecule has 3 rings (SSSR count). The van der Waals surface area contributed by atoms with Gasteiger partial charge in [-0.25, -0.2) is 4.98 Å². The van der Waals surface area contributed by atoms with Crippen LogP contribution < -0.4 is 10.6 Å². The number of aryl methyl sites for hydroxylation is 2. The Kier molecular flexibility index (Phi) is 5.31. The molecule has 5 nitrogen and oxygen atoms in total. The first-order valence-corrected chi connectivity index (χ1v) is 8.65. The van der Waals surface area contributed by atoms with E-state index in [0.29, 0.717) is 16.9 Å².